The van der Waals surface area contributed by atoms with E-state index in [1.165, 1.54) is 50.6 Å². The molecule has 1 heterocycles. The molecule has 264 valence electrons. The van der Waals surface area contributed by atoms with Crippen molar-refractivity contribution in [1.29, 1.82) is 0 Å². The van der Waals surface area contributed by atoms with Gasteiger partial charge in [0, 0.05) is 60.4 Å². The zero-order chi connectivity index (χ0) is 34.3. The molecule has 0 N–H and O–H groups in total. The summed E-state index contributed by atoms with van der Waals surface area (Å²) in [5.41, 5.74) is 2.15. The van der Waals surface area contributed by atoms with Gasteiger partial charge in [-0.15, -0.1) is 0 Å². The van der Waals surface area contributed by atoms with Crippen LogP contribution in [0.15, 0.2) is 45.7 Å². The first kappa shape index (κ1) is 39.7. The maximum absolute atomic E-state index is 12.8. The number of rotatable bonds is 9. The third-order valence-electron chi connectivity index (χ3n) is 8.38. The standard InChI is InChI=1S/C17H20ClNO3S.C17H21ClO5S.CH4/c1-11-19-16(12-6-4-3-5-7-12)17(21-11)14-9-8-13(10-15(14)18)22-23(2)20;1-11(19)23-17(16(20)12-6-4-3-5-7-12)14-9-8-13(10-15(14)18)24(2,21)22;/h8-10,12H,3-7H2,1-2H3;8-10,12,17H,3-7H2,1-2H3;1H4. The molecule has 13 heteroatoms. The summed E-state index contributed by atoms with van der Waals surface area (Å²) in [5.74, 6) is 1.43. The molecule has 2 fully saturated rings. The fraction of sp³-hybridized carbons (Fsp3) is 0.514. The summed E-state index contributed by atoms with van der Waals surface area (Å²) in [6.07, 6.45) is 12.1. The zero-order valence-electron chi connectivity index (χ0n) is 27.1. The van der Waals surface area contributed by atoms with Crippen molar-refractivity contribution in [2.75, 3.05) is 12.5 Å². The second kappa shape index (κ2) is 17.8. The minimum atomic E-state index is -3.41. The van der Waals surface area contributed by atoms with E-state index in [4.69, 9.17) is 36.5 Å². The van der Waals surface area contributed by atoms with Crippen LogP contribution in [0.4, 0.5) is 0 Å². The van der Waals surface area contributed by atoms with E-state index in [0.29, 0.717) is 28.1 Å². The van der Waals surface area contributed by atoms with Crippen molar-refractivity contribution >= 4 is 55.9 Å². The number of ketones is 1. The van der Waals surface area contributed by atoms with Gasteiger partial charge < -0.3 is 13.3 Å². The number of Topliss-reactive ketones (excluding diaryl/α,β-unsaturated/α-hetero) is 1. The minimum absolute atomic E-state index is 0. The average molecular weight is 743 g/mol. The molecule has 9 nitrogen and oxygen atoms in total. The van der Waals surface area contributed by atoms with Crippen LogP contribution in [0.5, 0.6) is 5.75 Å². The molecule has 0 bridgehead atoms. The first-order chi connectivity index (χ1) is 22.2. The second-order valence-corrected chi connectivity index (χ2v) is 15.9. The van der Waals surface area contributed by atoms with Crippen LogP contribution in [0.2, 0.25) is 10.0 Å². The normalized spacial score (nSPS) is 16.9. The number of hydrogen-bond acceptors (Lipinski definition) is 9. The summed E-state index contributed by atoms with van der Waals surface area (Å²) in [7, 11) is -3.41. The number of oxazole rings is 1. The first-order valence-electron chi connectivity index (χ1n) is 15.7. The number of benzene rings is 2. The molecule has 2 unspecified atom stereocenters. The van der Waals surface area contributed by atoms with Crippen LogP contribution in [-0.2, 0) is 35.2 Å². The highest BCUT2D eigenvalue weighted by atomic mass is 35.5. The van der Waals surface area contributed by atoms with E-state index in [2.05, 4.69) is 4.98 Å². The van der Waals surface area contributed by atoms with Crippen LogP contribution >= 0.6 is 23.2 Å². The summed E-state index contributed by atoms with van der Waals surface area (Å²) in [6, 6.07) is 9.38. The Kier molecular flexibility index (Phi) is 14.7. The Morgan fingerprint density at radius 1 is 0.958 bits per heavy atom. The molecule has 0 aliphatic heterocycles. The fourth-order valence-corrected chi connectivity index (χ4v) is 7.77. The molecule has 2 aliphatic carbocycles. The number of halogens is 2. The molecule has 5 rings (SSSR count). The van der Waals surface area contributed by atoms with Gasteiger partial charge in [0.15, 0.2) is 33.4 Å². The van der Waals surface area contributed by atoms with Crippen molar-refractivity contribution in [1.82, 2.24) is 4.98 Å². The molecule has 2 aromatic carbocycles. The molecule has 2 aliphatic rings. The van der Waals surface area contributed by atoms with Crippen molar-refractivity contribution in [3.8, 4) is 17.1 Å². The largest absolute Gasteiger partial charge is 0.450 e. The van der Waals surface area contributed by atoms with E-state index < -0.39 is 33.0 Å². The Hall–Kier alpha value is -2.73. The van der Waals surface area contributed by atoms with Gasteiger partial charge in [-0.1, -0.05) is 75.2 Å². The Balaban J connectivity index is 0.000000255. The molecule has 2 saturated carbocycles. The van der Waals surface area contributed by atoms with E-state index >= 15 is 0 Å². The predicted octanol–water partition coefficient (Wildman–Crippen LogP) is 9.16. The Bertz CT molecular complexity index is 1710. The lowest BCUT2D eigenvalue weighted by atomic mass is 9.83. The van der Waals surface area contributed by atoms with Gasteiger partial charge in [0.2, 0.25) is 11.1 Å². The fourth-order valence-electron chi connectivity index (χ4n) is 6.15. The first-order valence-corrected chi connectivity index (χ1v) is 19.9. The number of carbonyl (C=O) groups is 2. The number of nitrogens with zero attached hydrogens (tertiary/aromatic N) is 1. The van der Waals surface area contributed by atoms with Gasteiger partial charge in [0.25, 0.3) is 0 Å². The van der Waals surface area contributed by atoms with Crippen molar-refractivity contribution in [3.05, 3.63) is 63.6 Å². The van der Waals surface area contributed by atoms with Gasteiger partial charge in [-0.3, -0.25) is 9.59 Å². The van der Waals surface area contributed by atoms with E-state index in [9.17, 15) is 22.2 Å². The summed E-state index contributed by atoms with van der Waals surface area (Å²) in [6.45, 7) is 3.10. The summed E-state index contributed by atoms with van der Waals surface area (Å²) < 4.78 is 50.7. The lowest BCUT2D eigenvalue weighted by molar-refractivity contribution is -0.155. The van der Waals surface area contributed by atoms with Crippen molar-refractivity contribution < 1.29 is 35.6 Å². The van der Waals surface area contributed by atoms with Gasteiger partial charge in [-0.05, 0) is 49.9 Å². The maximum atomic E-state index is 12.8. The van der Waals surface area contributed by atoms with E-state index in [-0.39, 0.29) is 29.0 Å². The van der Waals surface area contributed by atoms with E-state index in [1.54, 1.807) is 12.1 Å². The Morgan fingerprint density at radius 3 is 2.12 bits per heavy atom. The van der Waals surface area contributed by atoms with Gasteiger partial charge >= 0.3 is 5.97 Å². The van der Waals surface area contributed by atoms with Crippen LogP contribution < -0.4 is 4.18 Å². The summed E-state index contributed by atoms with van der Waals surface area (Å²) >= 11 is 11.2. The van der Waals surface area contributed by atoms with Crippen LogP contribution in [0, 0.1) is 12.8 Å². The number of aromatic nitrogens is 1. The molecule has 0 radical (unpaired) electrons. The summed E-state index contributed by atoms with van der Waals surface area (Å²) in [5, 5.41) is 0.620. The number of sulfone groups is 1. The average Bonchev–Trinajstić information content (AvgIpc) is 3.41. The smallest absolute Gasteiger partial charge is 0.303 e. The van der Waals surface area contributed by atoms with Crippen LogP contribution in [0.3, 0.4) is 0 Å². The highest BCUT2D eigenvalue weighted by molar-refractivity contribution is 7.90. The number of hydrogen-bond donors (Lipinski definition) is 0. The lowest BCUT2D eigenvalue weighted by Gasteiger charge is -2.25. The van der Waals surface area contributed by atoms with Gasteiger partial charge in [-0.2, -0.15) is 0 Å². The zero-order valence-corrected chi connectivity index (χ0v) is 30.2. The number of carbonyl (C=O) groups excluding carboxylic acids is 2. The van der Waals surface area contributed by atoms with Crippen LogP contribution in [-0.4, -0.2) is 41.9 Å². The minimum Gasteiger partial charge on any atom is -0.450 e. The van der Waals surface area contributed by atoms with Crippen LogP contribution in [0.25, 0.3) is 11.3 Å². The monoisotopic (exact) mass is 741 g/mol. The maximum Gasteiger partial charge on any atom is 0.303 e. The molecule has 0 spiro atoms. The molecular formula is C35H45Cl2NO8S2. The molecule has 48 heavy (non-hydrogen) atoms. The number of esters is 1. The Labute approximate surface area is 296 Å². The third-order valence-corrected chi connectivity index (χ3v) is 10.6. The SMILES string of the molecule is C.CC(=O)OC(C(=O)C1CCCCC1)c1ccc(S(C)(=O)=O)cc1Cl.Cc1nc(C2CCCCC2)c(-c2ccc(OS(C)=O)cc2Cl)o1. The van der Waals surface area contributed by atoms with Gasteiger partial charge in [0.05, 0.1) is 15.6 Å². The topological polar surface area (TPSA) is 130 Å². The van der Waals surface area contributed by atoms with Gasteiger partial charge in [0.1, 0.15) is 5.75 Å². The van der Waals surface area contributed by atoms with Crippen LogP contribution in [0.1, 0.15) is 108 Å². The van der Waals surface area contributed by atoms with E-state index in [1.807, 2.05) is 13.0 Å². The highest BCUT2D eigenvalue weighted by Crippen LogP contribution is 2.41. The van der Waals surface area contributed by atoms with Crippen molar-refractivity contribution in [2.45, 2.75) is 102 Å². The van der Waals surface area contributed by atoms with Crippen molar-refractivity contribution in [3.63, 3.8) is 0 Å². The molecular weight excluding hydrogens is 697 g/mol. The number of aryl methyl sites for hydroxylation is 1. The molecule has 2 atom stereocenters. The quantitative estimate of drug-likeness (QED) is 0.197. The molecule has 0 saturated heterocycles. The molecule has 3 aromatic rings. The van der Waals surface area contributed by atoms with Crippen molar-refractivity contribution in [2.24, 2.45) is 5.92 Å². The number of ether oxygens (including phenoxy) is 1. The lowest BCUT2D eigenvalue weighted by Crippen LogP contribution is -2.27. The second-order valence-electron chi connectivity index (χ2n) is 12.1. The highest BCUT2D eigenvalue weighted by Gasteiger charge is 2.33. The predicted molar refractivity (Wildman–Crippen MR) is 190 cm³/mol. The molecule has 0 amide bonds. The summed E-state index contributed by atoms with van der Waals surface area (Å²) in [4.78, 5) is 28.9. The van der Waals surface area contributed by atoms with Gasteiger partial charge in [-0.25, -0.2) is 17.6 Å². The third kappa shape index (κ3) is 10.6. The molecule has 1 aromatic heterocycles. The Morgan fingerprint density at radius 2 is 1.58 bits per heavy atom. The van der Waals surface area contributed by atoms with E-state index in [0.717, 1.165) is 68.2 Å².